The number of anilines is 1. The predicted molar refractivity (Wildman–Crippen MR) is 107 cm³/mol. The van der Waals surface area contributed by atoms with Crippen LogP contribution in [0.1, 0.15) is 24.6 Å². The molecule has 6 heteroatoms. The summed E-state index contributed by atoms with van der Waals surface area (Å²) in [6, 6.07) is 11.9. The van der Waals surface area contributed by atoms with Crippen molar-refractivity contribution in [3.05, 3.63) is 46.7 Å². The zero-order valence-corrected chi connectivity index (χ0v) is 16.3. The second kappa shape index (κ2) is 9.05. The van der Waals surface area contributed by atoms with Gasteiger partial charge in [0.05, 0.1) is 19.3 Å². The standard InChI is InChI=1S/C20H27N3O2S/c1-3-22-12-10-16(11-13-22)23(15-17-7-6-14-26-17)20(24)21-18-8-4-5-9-19(18)25-2/h4-9,14,16H,3,10-13,15H2,1-2H3,(H,21,24). The third kappa shape index (κ3) is 4.56. The summed E-state index contributed by atoms with van der Waals surface area (Å²) in [6.45, 7) is 6.01. The Morgan fingerprint density at radius 2 is 2.04 bits per heavy atom. The van der Waals surface area contributed by atoms with E-state index >= 15 is 0 Å². The van der Waals surface area contributed by atoms with Crippen molar-refractivity contribution < 1.29 is 9.53 Å². The molecule has 1 aromatic heterocycles. The van der Waals surface area contributed by atoms with E-state index in [-0.39, 0.29) is 12.1 Å². The normalized spacial score (nSPS) is 15.6. The molecular weight excluding hydrogens is 346 g/mol. The van der Waals surface area contributed by atoms with E-state index in [0.29, 0.717) is 18.0 Å². The van der Waals surface area contributed by atoms with Crippen LogP contribution in [0.2, 0.25) is 0 Å². The van der Waals surface area contributed by atoms with Gasteiger partial charge >= 0.3 is 6.03 Å². The summed E-state index contributed by atoms with van der Waals surface area (Å²) in [7, 11) is 1.62. The van der Waals surface area contributed by atoms with Crippen LogP contribution in [0.15, 0.2) is 41.8 Å². The quantitative estimate of drug-likeness (QED) is 0.822. The van der Waals surface area contributed by atoms with Gasteiger partial charge in [-0.2, -0.15) is 0 Å². The number of carbonyl (C=O) groups excluding carboxylic acids is 1. The number of benzene rings is 1. The SMILES string of the molecule is CCN1CCC(N(Cc2cccs2)C(=O)Nc2ccccc2OC)CC1. The molecule has 2 amide bonds. The maximum atomic E-state index is 13.1. The molecule has 1 N–H and O–H groups in total. The van der Waals surface area contributed by atoms with E-state index in [4.69, 9.17) is 4.74 Å². The van der Waals surface area contributed by atoms with Gasteiger partial charge in [-0.15, -0.1) is 11.3 Å². The van der Waals surface area contributed by atoms with Gasteiger partial charge in [0.2, 0.25) is 0 Å². The molecule has 1 aromatic carbocycles. The number of urea groups is 1. The number of likely N-dealkylation sites (tertiary alicyclic amines) is 1. The zero-order chi connectivity index (χ0) is 18.4. The molecule has 1 aliphatic rings. The van der Waals surface area contributed by atoms with Gasteiger partial charge in [0.25, 0.3) is 0 Å². The number of methoxy groups -OCH3 is 1. The number of thiophene rings is 1. The zero-order valence-electron chi connectivity index (χ0n) is 15.5. The molecule has 140 valence electrons. The molecule has 1 saturated heterocycles. The van der Waals surface area contributed by atoms with Gasteiger partial charge in [0.15, 0.2) is 0 Å². The number of piperidine rings is 1. The van der Waals surface area contributed by atoms with Crippen LogP contribution in [-0.2, 0) is 6.54 Å². The van der Waals surface area contributed by atoms with Crippen LogP contribution in [0.3, 0.4) is 0 Å². The first-order valence-corrected chi connectivity index (χ1v) is 10.0. The van der Waals surface area contributed by atoms with Gasteiger partial charge in [-0.3, -0.25) is 0 Å². The third-order valence-electron chi connectivity index (χ3n) is 4.96. The number of hydrogen-bond donors (Lipinski definition) is 1. The van der Waals surface area contributed by atoms with Gasteiger partial charge in [0, 0.05) is 24.0 Å². The van der Waals surface area contributed by atoms with Crippen molar-refractivity contribution >= 4 is 23.1 Å². The van der Waals surface area contributed by atoms with Crippen molar-refractivity contribution in [1.29, 1.82) is 0 Å². The molecule has 0 spiro atoms. The number of rotatable bonds is 6. The van der Waals surface area contributed by atoms with Gasteiger partial charge in [-0.25, -0.2) is 4.79 Å². The van der Waals surface area contributed by atoms with Gasteiger partial charge in [-0.05, 0) is 43.0 Å². The molecule has 1 fully saturated rings. The molecule has 1 aliphatic heterocycles. The second-order valence-corrected chi connectivity index (χ2v) is 7.54. The van der Waals surface area contributed by atoms with E-state index in [1.807, 2.05) is 35.2 Å². The number of nitrogens with zero attached hydrogens (tertiary/aromatic N) is 2. The monoisotopic (exact) mass is 373 g/mol. The van der Waals surface area contributed by atoms with Gasteiger partial charge in [0.1, 0.15) is 5.75 Å². The molecule has 0 radical (unpaired) electrons. The molecule has 2 aromatic rings. The molecule has 2 heterocycles. The highest BCUT2D eigenvalue weighted by atomic mass is 32.1. The van der Waals surface area contributed by atoms with Crippen LogP contribution in [0, 0.1) is 0 Å². The average molecular weight is 374 g/mol. The number of hydrogen-bond acceptors (Lipinski definition) is 4. The number of para-hydroxylation sites is 2. The first-order chi connectivity index (χ1) is 12.7. The Bertz CT molecular complexity index is 697. The third-order valence-corrected chi connectivity index (χ3v) is 5.82. The first kappa shape index (κ1) is 18.7. The highest BCUT2D eigenvalue weighted by molar-refractivity contribution is 7.09. The van der Waals surface area contributed by atoms with E-state index in [9.17, 15) is 4.79 Å². The van der Waals surface area contributed by atoms with E-state index in [1.54, 1.807) is 18.4 Å². The first-order valence-electron chi connectivity index (χ1n) is 9.16. The van der Waals surface area contributed by atoms with Crippen LogP contribution >= 0.6 is 11.3 Å². The Morgan fingerprint density at radius 3 is 2.69 bits per heavy atom. The number of ether oxygens (including phenoxy) is 1. The molecule has 0 unspecified atom stereocenters. The van der Waals surface area contributed by atoms with Crippen molar-refractivity contribution in [3.63, 3.8) is 0 Å². The molecule has 3 rings (SSSR count). The predicted octanol–water partition coefficient (Wildman–Crippen LogP) is 4.28. The van der Waals surface area contributed by atoms with E-state index in [1.165, 1.54) is 4.88 Å². The maximum absolute atomic E-state index is 13.1. The lowest BCUT2D eigenvalue weighted by Crippen LogP contribution is -2.48. The highest BCUT2D eigenvalue weighted by Crippen LogP contribution is 2.26. The molecular formula is C20H27N3O2S. The Morgan fingerprint density at radius 1 is 1.27 bits per heavy atom. The lowest BCUT2D eigenvalue weighted by Gasteiger charge is -2.38. The molecule has 0 aliphatic carbocycles. The molecule has 5 nitrogen and oxygen atoms in total. The summed E-state index contributed by atoms with van der Waals surface area (Å²) >= 11 is 1.69. The van der Waals surface area contributed by atoms with Gasteiger partial charge in [-0.1, -0.05) is 25.1 Å². The number of amides is 2. The molecule has 0 saturated carbocycles. The minimum Gasteiger partial charge on any atom is -0.495 e. The van der Waals surface area contributed by atoms with Crippen LogP contribution in [0.25, 0.3) is 0 Å². The lowest BCUT2D eigenvalue weighted by atomic mass is 10.0. The fraction of sp³-hybridized carbons (Fsp3) is 0.450. The summed E-state index contributed by atoms with van der Waals surface area (Å²) in [4.78, 5) is 18.7. The van der Waals surface area contributed by atoms with E-state index in [2.05, 4.69) is 28.6 Å². The highest BCUT2D eigenvalue weighted by Gasteiger charge is 2.28. The summed E-state index contributed by atoms with van der Waals surface area (Å²) < 4.78 is 5.37. The molecule has 0 atom stereocenters. The summed E-state index contributed by atoms with van der Waals surface area (Å²) in [5.41, 5.74) is 0.710. The Labute approximate surface area is 159 Å². The van der Waals surface area contributed by atoms with Crippen molar-refractivity contribution in [2.75, 3.05) is 32.1 Å². The Hall–Kier alpha value is -2.05. The molecule has 0 bridgehead atoms. The van der Waals surface area contributed by atoms with Crippen molar-refractivity contribution in [3.8, 4) is 5.75 Å². The summed E-state index contributed by atoms with van der Waals surface area (Å²) in [5.74, 6) is 0.678. The average Bonchev–Trinajstić information content (AvgIpc) is 3.20. The summed E-state index contributed by atoms with van der Waals surface area (Å²) in [6.07, 6.45) is 2.02. The van der Waals surface area contributed by atoms with Crippen LogP contribution < -0.4 is 10.1 Å². The van der Waals surface area contributed by atoms with Crippen LogP contribution in [0.4, 0.5) is 10.5 Å². The Kier molecular flexibility index (Phi) is 6.52. The Balaban J connectivity index is 1.75. The van der Waals surface area contributed by atoms with Crippen molar-refractivity contribution in [2.24, 2.45) is 0 Å². The maximum Gasteiger partial charge on any atom is 0.322 e. The second-order valence-electron chi connectivity index (χ2n) is 6.50. The number of nitrogens with one attached hydrogen (secondary N) is 1. The summed E-state index contributed by atoms with van der Waals surface area (Å²) in [5, 5.41) is 5.11. The largest absolute Gasteiger partial charge is 0.495 e. The fourth-order valence-electron chi connectivity index (χ4n) is 3.42. The topological polar surface area (TPSA) is 44.8 Å². The minimum absolute atomic E-state index is 0.0575. The fourth-order valence-corrected chi connectivity index (χ4v) is 4.12. The minimum atomic E-state index is -0.0575. The van der Waals surface area contributed by atoms with Crippen LogP contribution in [0.5, 0.6) is 5.75 Å². The van der Waals surface area contributed by atoms with Gasteiger partial charge < -0.3 is 19.9 Å². The number of carbonyl (C=O) groups is 1. The van der Waals surface area contributed by atoms with E-state index < -0.39 is 0 Å². The van der Waals surface area contributed by atoms with Crippen LogP contribution in [-0.4, -0.2) is 48.6 Å². The van der Waals surface area contributed by atoms with Crippen molar-refractivity contribution in [1.82, 2.24) is 9.80 Å². The molecule has 26 heavy (non-hydrogen) atoms. The van der Waals surface area contributed by atoms with E-state index in [0.717, 1.165) is 32.5 Å². The van der Waals surface area contributed by atoms with Crippen molar-refractivity contribution in [2.45, 2.75) is 32.4 Å². The lowest BCUT2D eigenvalue weighted by molar-refractivity contribution is 0.127. The smallest absolute Gasteiger partial charge is 0.322 e.